The molecule has 0 amide bonds. The van der Waals surface area contributed by atoms with Crippen molar-refractivity contribution in [2.45, 2.75) is 38.9 Å². The van der Waals surface area contributed by atoms with Crippen molar-refractivity contribution in [1.82, 2.24) is 3.97 Å². The summed E-state index contributed by atoms with van der Waals surface area (Å²) in [7, 11) is -4.28. The van der Waals surface area contributed by atoms with Gasteiger partial charge in [-0.05, 0) is 45.3 Å². The van der Waals surface area contributed by atoms with Crippen LogP contribution in [0.2, 0.25) is 0 Å². The Morgan fingerprint density at radius 2 is 1.65 bits per heavy atom. The summed E-state index contributed by atoms with van der Waals surface area (Å²) in [5, 5.41) is 0.467. The minimum atomic E-state index is -3.60. The van der Waals surface area contributed by atoms with Crippen molar-refractivity contribution in [3.05, 3.63) is 30.2 Å². The number of rotatable bonds is 2. The molecule has 0 atom stereocenters. The zero-order chi connectivity index (χ0) is 17.2. The molecule has 2 heterocycles. The summed E-state index contributed by atoms with van der Waals surface area (Å²) in [6, 6.07) is 4.39. The van der Waals surface area contributed by atoms with Gasteiger partial charge in [-0.3, -0.25) is 0 Å². The van der Waals surface area contributed by atoms with Crippen LogP contribution < -0.4 is 5.46 Å². The lowest BCUT2D eigenvalue weighted by molar-refractivity contribution is 0.00578. The summed E-state index contributed by atoms with van der Waals surface area (Å²) in [5.41, 5.74) is -0.433. The maximum Gasteiger partial charge on any atom is 0.495 e. The van der Waals surface area contributed by atoms with Gasteiger partial charge in [0.15, 0.2) is 0 Å². The molecule has 1 aromatic carbocycles. The standard InChI is InChI=1S/C15H19BFNO4S/c1-14(2)15(3,4)22-16(21-14)11-6-7-12(17)13-10(11)8-9-18(13)23(5,19)20/h6-9H,1-5H3. The number of aromatic nitrogens is 1. The van der Waals surface area contributed by atoms with Crippen molar-refractivity contribution in [2.24, 2.45) is 0 Å². The summed E-state index contributed by atoms with van der Waals surface area (Å²) >= 11 is 0. The Labute approximate surface area is 135 Å². The normalized spacial score (nSPS) is 20.3. The number of hydrogen-bond donors (Lipinski definition) is 0. The van der Waals surface area contributed by atoms with Gasteiger partial charge in [0.05, 0.1) is 23.0 Å². The Kier molecular flexibility index (Phi) is 3.45. The van der Waals surface area contributed by atoms with E-state index in [2.05, 4.69) is 0 Å². The topological polar surface area (TPSA) is 57.5 Å². The molecule has 0 unspecified atom stereocenters. The monoisotopic (exact) mass is 339 g/mol. The van der Waals surface area contributed by atoms with Crippen LogP contribution in [0.5, 0.6) is 0 Å². The van der Waals surface area contributed by atoms with Gasteiger partial charge in [-0.15, -0.1) is 0 Å². The highest BCUT2D eigenvalue weighted by atomic mass is 32.2. The zero-order valence-corrected chi connectivity index (χ0v) is 14.6. The molecule has 5 nitrogen and oxygen atoms in total. The Balaban J connectivity index is 2.19. The number of halogens is 1. The van der Waals surface area contributed by atoms with E-state index in [0.29, 0.717) is 10.8 Å². The first kappa shape index (κ1) is 16.5. The second-order valence-corrected chi connectivity index (χ2v) is 8.72. The van der Waals surface area contributed by atoms with Crippen molar-refractivity contribution in [3.8, 4) is 0 Å². The summed E-state index contributed by atoms with van der Waals surface area (Å²) in [4.78, 5) is 0. The number of nitrogens with zero attached hydrogens (tertiary/aromatic N) is 1. The van der Waals surface area contributed by atoms with Gasteiger partial charge in [0.25, 0.3) is 0 Å². The van der Waals surface area contributed by atoms with Crippen molar-refractivity contribution >= 4 is 33.5 Å². The molecule has 2 aromatic rings. The lowest BCUT2D eigenvalue weighted by atomic mass is 9.77. The van der Waals surface area contributed by atoms with Crippen LogP contribution in [-0.4, -0.2) is 37.0 Å². The molecule has 124 valence electrons. The summed E-state index contributed by atoms with van der Waals surface area (Å²) in [6.45, 7) is 7.70. The Bertz CT molecular complexity index is 872. The van der Waals surface area contributed by atoms with Crippen LogP contribution in [0.4, 0.5) is 4.39 Å². The van der Waals surface area contributed by atoms with E-state index in [1.807, 2.05) is 27.7 Å². The third-order valence-corrected chi connectivity index (χ3v) is 5.68. The molecule has 1 aromatic heterocycles. The molecule has 1 aliphatic heterocycles. The van der Waals surface area contributed by atoms with Crippen LogP contribution in [0.1, 0.15) is 27.7 Å². The number of fused-ring (bicyclic) bond motifs is 1. The molecule has 1 fully saturated rings. The molecule has 0 aliphatic carbocycles. The first-order chi connectivity index (χ1) is 10.4. The quantitative estimate of drug-likeness (QED) is 0.784. The molecule has 0 bridgehead atoms. The summed E-state index contributed by atoms with van der Waals surface area (Å²) in [6.07, 6.45) is 2.38. The summed E-state index contributed by atoms with van der Waals surface area (Å²) in [5.74, 6) is -0.601. The molecule has 8 heteroatoms. The SMILES string of the molecule is CC1(C)OB(c2ccc(F)c3c2ccn3S(C)(=O)=O)OC1(C)C. The van der Waals surface area contributed by atoms with E-state index >= 15 is 0 Å². The van der Waals surface area contributed by atoms with Gasteiger partial charge in [0.1, 0.15) is 5.82 Å². The first-order valence-electron chi connectivity index (χ1n) is 7.30. The highest BCUT2D eigenvalue weighted by Crippen LogP contribution is 2.37. The van der Waals surface area contributed by atoms with E-state index in [1.165, 1.54) is 12.3 Å². The molecule has 1 saturated heterocycles. The minimum Gasteiger partial charge on any atom is -0.399 e. The van der Waals surface area contributed by atoms with Gasteiger partial charge in [0.2, 0.25) is 10.0 Å². The molecule has 1 aliphatic rings. The van der Waals surface area contributed by atoms with E-state index in [-0.39, 0.29) is 5.52 Å². The second-order valence-electron chi connectivity index (χ2n) is 6.86. The lowest BCUT2D eigenvalue weighted by Gasteiger charge is -2.32. The molecular weight excluding hydrogens is 320 g/mol. The summed E-state index contributed by atoms with van der Waals surface area (Å²) < 4.78 is 50.8. The minimum absolute atomic E-state index is 0.0136. The largest absolute Gasteiger partial charge is 0.495 e. The van der Waals surface area contributed by atoms with Gasteiger partial charge < -0.3 is 9.31 Å². The average Bonchev–Trinajstić information content (AvgIpc) is 2.90. The molecule has 3 rings (SSSR count). The third kappa shape index (κ3) is 2.49. The maximum absolute atomic E-state index is 14.2. The van der Waals surface area contributed by atoms with Crippen LogP contribution in [0.15, 0.2) is 24.4 Å². The zero-order valence-electron chi connectivity index (χ0n) is 13.8. The van der Waals surface area contributed by atoms with Crippen LogP contribution in [0, 0.1) is 5.82 Å². The van der Waals surface area contributed by atoms with Crippen LogP contribution >= 0.6 is 0 Å². The van der Waals surface area contributed by atoms with E-state index in [9.17, 15) is 12.8 Å². The van der Waals surface area contributed by atoms with Gasteiger partial charge in [-0.2, -0.15) is 0 Å². The Morgan fingerprint density at radius 1 is 1.09 bits per heavy atom. The first-order valence-corrected chi connectivity index (χ1v) is 9.14. The maximum atomic E-state index is 14.2. The van der Waals surface area contributed by atoms with E-state index in [4.69, 9.17) is 9.31 Å². The van der Waals surface area contributed by atoms with Crippen molar-refractivity contribution in [1.29, 1.82) is 0 Å². The fourth-order valence-corrected chi connectivity index (χ4v) is 3.46. The fraction of sp³-hybridized carbons (Fsp3) is 0.467. The third-order valence-electron chi connectivity index (χ3n) is 4.66. The lowest BCUT2D eigenvalue weighted by Crippen LogP contribution is -2.41. The van der Waals surface area contributed by atoms with Crippen molar-refractivity contribution in [2.75, 3.05) is 6.26 Å². The molecule has 0 N–H and O–H groups in total. The predicted octanol–water partition coefficient (Wildman–Crippen LogP) is 1.89. The molecular formula is C15H19BFNO4S. The highest BCUT2D eigenvalue weighted by molar-refractivity contribution is 7.89. The number of benzene rings is 1. The van der Waals surface area contributed by atoms with Crippen LogP contribution in [-0.2, 0) is 19.3 Å². The Hall–Kier alpha value is -1.38. The van der Waals surface area contributed by atoms with Crippen LogP contribution in [0.3, 0.4) is 0 Å². The van der Waals surface area contributed by atoms with E-state index in [0.717, 1.165) is 10.2 Å². The van der Waals surface area contributed by atoms with Crippen LogP contribution in [0.25, 0.3) is 10.9 Å². The fourth-order valence-electron chi connectivity index (χ4n) is 2.66. The molecule has 0 spiro atoms. The second kappa shape index (κ2) is 4.81. The Morgan fingerprint density at radius 3 is 2.17 bits per heavy atom. The van der Waals surface area contributed by atoms with Crippen molar-refractivity contribution in [3.63, 3.8) is 0 Å². The molecule has 0 saturated carbocycles. The van der Waals surface area contributed by atoms with Gasteiger partial charge in [-0.25, -0.2) is 16.8 Å². The van der Waals surface area contributed by atoms with Gasteiger partial charge in [-0.1, -0.05) is 6.07 Å². The van der Waals surface area contributed by atoms with Gasteiger partial charge >= 0.3 is 7.12 Å². The number of hydrogen-bond acceptors (Lipinski definition) is 4. The van der Waals surface area contributed by atoms with E-state index in [1.54, 1.807) is 12.1 Å². The smallest absolute Gasteiger partial charge is 0.399 e. The van der Waals surface area contributed by atoms with Crippen molar-refractivity contribution < 1.29 is 22.1 Å². The van der Waals surface area contributed by atoms with Gasteiger partial charge in [0, 0.05) is 11.6 Å². The predicted molar refractivity (Wildman–Crippen MR) is 87.9 cm³/mol. The highest BCUT2D eigenvalue weighted by Gasteiger charge is 2.52. The van der Waals surface area contributed by atoms with E-state index < -0.39 is 34.2 Å². The molecule has 0 radical (unpaired) electrons. The average molecular weight is 339 g/mol. The molecule has 23 heavy (non-hydrogen) atoms.